The first-order valence-electron chi connectivity index (χ1n) is 6.58. The summed E-state index contributed by atoms with van der Waals surface area (Å²) in [5.41, 5.74) is 8.69. The number of ether oxygens (including phenoxy) is 1. The highest BCUT2D eigenvalue weighted by atomic mass is 16.5. The fourth-order valence-corrected chi connectivity index (χ4v) is 1.96. The predicted octanol–water partition coefficient (Wildman–Crippen LogP) is 1.57. The van der Waals surface area contributed by atoms with E-state index in [1.807, 2.05) is 26.8 Å². The van der Waals surface area contributed by atoms with Crippen LogP contribution in [0.2, 0.25) is 0 Å². The molecule has 1 amide bonds. The molecule has 0 aliphatic rings. The first-order valence-corrected chi connectivity index (χ1v) is 6.58. The van der Waals surface area contributed by atoms with Gasteiger partial charge in [0.2, 0.25) is 5.91 Å². The summed E-state index contributed by atoms with van der Waals surface area (Å²) in [6, 6.07) is 4.02. The van der Waals surface area contributed by atoms with E-state index in [4.69, 9.17) is 10.5 Å². The molecule has 1 atom stereocenters. The second-order valence-electron chi connectivity index (χ2n) is 5.08. The number of amides is 1. The van der Waals surface area contributed by atoms with Crippen LogP contribution in [-0.4, -0.2) is 26.1 Å². The Kier molecular flexibility index (Phi) is 5.83. The van der Waals surface area contributed by atoms with Crippen molar-refractivity contribution in [2.24, 2.45) is 11.7 Å². The van der Waals surface area contributed by atoms with Gasteiger partial charge in [0, 0.05) is 12.1 Å². The van der Waals surface area contributed by atoms with E-state index >= 15 is 0 Å². The molecule has 1 aromatic carbocycles. The Balaban J connectivity index is 2.73. The Bertz CT molecular complexity index is 444. The summed E-state index contributed by atoms with van der Waals surface area (Å²) >= 11 is 0. The van der Waals surface area contributed by atoms with Gasteiger partial charge in [-0.25, -0.2) is 0 Å². The molecular weight excluding hydrogens is 240 g/mol. The SMILES string of the molecule is COc1cc(C)cc(C)c1CC(=O)NCC(C)CN. The number of nitrogens with two attached hydrogens (primary N) is 1. The summed E-state index contributed by atoms with van der Waals surface area (Å²) in [5.74, 6) is 1.08. The zero-order valence-corrected chi connectivity index (χ0v) is 12.2. The minimum Gasteiger partial charge on any atom is -0.496 e. The van der Waals surface area contributed by atoms with E-state index in [1.54, 1.807) is 7.11 Å². The first-order chi connectivity index (χ1) is 8.97. The Hall–Kier alpha value is -1.55. The summed E-state index contributed by atoms with van der Waals surface area (Å²) in [7, 11) is 1.63. The summed E-state index contributed by atoms with van der Waals surface area (Å²) in [6.07, 6.45) is 0.340. The third kappa shape index (κ3) is 4.56. The molecule has 1 rings (SSSR count). The number of nitrogens with one attached hydrogen (secondary N) is 1. The maximum absolute atomic E-state index is 11.9. The fraction of sp³-hybridized carbons (Fsp3) is 0.533. The van der Waals surface area contributed by atoms with E-state index in [2.05, 4.69) is 11.4 Å². The highest BCUT2D eigenvalue weighted by Crippen LogP contribution is 2.24. The summed E-state index contributed by atoms with van der Waals surface area (Å²) in [4.78, 5) is 11.9. The molecule has 106 valence electrons. The number of carbonyl (C=O) groups excluding carboxylic acids is 1. The van der Waals surface area contributed by atoms with Crippen LogP contribution in [0.3, 0.4) is 0 Å². The molecule has 0 heterocycles. The highest BCUT2D eigenvalue weighted by molar-refractivity contribution is 5.79. The van der Waals surface area contributed by atoms with Crippen molar-refractivity contribution < 1.29 is 9.53 Å². The van der Waals surface area contributed by atoms with Crippen molar-refractivity contribution in [3.63, 3.8) is 0 Å². The minimum atomic E-state index is 0.00514. The van der Waals surface area contributed by atoms with Gasteiger partial charge in [-0.15, -0.1) is 0 Å². The van der Waals surface area contributed by atoms with E-state index in [9.17, 15) is 4.79 Å². The van der Waals surface area contributed by atoms with E-state index in [0.29, 0.717) is 25.4 Å². The van der Waals surface area contributed by atoms with Crippen LogP contribution in [0, 0.1) is 19.8 Å². The molecule has 3 N–H and O–H groups in total. The van der Waals surface area contributed by atoms with E-state index in [1.165, 1.54) is 0 Å². The zero-order chi connectivity index (χ0) is 14.4. The average molecular weight is 264 g/mol. The fourth-order valence-electron chi connectivity index (χ4n) is 1.96. The van der Waals surface area contributed by atoms with Crippen LogP contribution < -0.4 is 15.8 Å². The lowest BCUT2D eigenvalue weighted by Gasteiger charge is -2.14. The van der Waals surface area contributed by atoms with Gasteiger partial charge in [-0.3, -0.25) is 4.79 Å². The van der Waals surface area contributed by atoms with Gasteiger partial charge in [0.1, 0.15) is 5.75 Å². The number of aryl methyl sites for hydroxylation is 2. The normalized spacial score (nSPS) is 12.1. The smallest absolute Gasteiger partial charge is 0.224 e. The molecule has 0 radical (unpaired) electrons. The molecule has 0 aliphatic heterocycles. The molecule has 0 saturated heterocycles. The molecule has 4 heteroatoms. The summed E-state index contributed by atoms with van der Waals surface area (Å²) in [5, 5.41) is 2.90. The quantitative estimate of drug-likeness (QED) is 0.819. The number of hydrogen-bond donors (Lipinski definition) is 2. The van der Waals surface area contributed by atoms with Crippen molar-refractivity contribution in [1.29, 1.82) is 0 Å². The van der Waals surface area contributed by atoms with Crippen LogP contribution in [-0.2, 0) is 11.2 Å². The van der Waals surface area contributed by atoms with Crippen LogP contribution in [0.15, 0.2) is 12.1 Å². The number of methoxy groups -OCH3 is 1. The molecule has 0 aromatic heterocycles. The molecule has 1 aromatic rings. The van der Waals surface area contributed by atoms with Gasteiger partial charge < -0.3 is 15.8 Å². The van der Waals surface area contributed by atoms with Crippen molar-refractivity contribution >= 4 is 5.91 Å². The molecule has 0 spiro atoms. The largest absolute Gasteiger partial charge is 0.496 e. The van der Waals surface area contributed by atoms with Crippen molar-refractivity contribution in [2.45, 2.75) is 27.2 Å². The Labute approximate surface area is 115 Å². The highest BCUT2D eigenvalue weighted by Gasteiger charge is 2.12. The van der Waals surface area contributed by atoms with Crippen LogP contribution in [0.1, 0.15) is 23.6 Å². The van der Waals surface area contributed by atoms with Crippen LogP contribution in [0.5, 0.6) is 5.75 Å². The van der Waals surface area contributed by atoms with Crippen LogP contribution in [0.25, 0.3) is 0 Å². The number of rotatable bonds is 6. The lowest BCUT2D eigenvalue weighted by Crippen LogP contribution is -2.32. The molecule has 0 saturated carbocycles. The zero-order valence-electron chi connectivity index (χ0n) is 12.2. The Morgan fingerprint density at radius 2 is 2.11 bits per heavy atom. The average Bonchev–Trinajstić information content (AvgIpc) is 2.38. The van der Waals surface area contributed by atoms with Crippen LogP contribution >= 0.6 is 0 Å². The molecule has 0 fully saturated rings. The summed E-state index contributed by atoms with van der Waals surface area (Å²) in [6.45, 7) is 7.22. The van der Waals surface area contributed by atoms with E-state index in [0.717, 1.165) is 22.4 Å². The van der Waals surface area contributed by atoms with Crippen molar-refractivity contribution in [3.8, 4) is 5.75 Å². The van der Waals surface area contributed by atoms with Crippen LogP contribution in [0.4, 0.5) is 0 Å². The monoisotopic (exact) mass is 264 g/mol. The Morgan fingerprint density at radius 3 is 2.68 bits per heavy atom. The molecule has 1 unspecified atom stereocenters. The third-order valence-corrected chi connectivity index (χ3v) is 3.18. The van der Waals surface area contributed by atoms with E-state index in [-0.39, 0.29) is 5.91 Å². The molecule has 0 bridgehead atoms. The lowest BCUT2D eigenvalue weighted by atomic mass is 10.0. The summed E-state index contributed by atoms with van der Waals surface area (Å²) < 4.78 is 5.35. The Morgan fingerprint density at radius 1 is 1.42 bits per heavy atom. The molecule has 19 heavy (non-hydrogen) atoms. The van der Waals surface area contributed by atoms with Gasteiger partial charge >= 0.3 is 0 Å². The molecule has 4 nitrogen and oxygen atoms in total. The number of hydrogen-bond acceptors (Lipinski definition) is 3. The van der Waals surface area contributed by atoms with Gasteiger partial charge in [-0.2, -0.15) is 0 Å². The third-order valence-electron chi connectivity index (χ3n) is 3.18. The molecular formula is C15H24N2O2. The molecule has 0 aliphatic carbocycles. The standard InChI is InChI=1S/C15H24N2O2/c1-10-5-12(3)13(14(6-10)19-4)7-15(18)17-9-11(2)8-16/h5-6,11H,7-9,16H2,1-4H3,(H,17,18). The van der Waals surface area contributed by atoms with Gasteiger partial charge in [-0.05, 0) is 43.5 Å². The second-order valence-corrected chi connectivity index (χ2v) is 5.08. The second kappa shape index (κ2) is 7.14. The maximum atomic E-state index is 11.9. The first kappa shape index (κ1) is 15.5. The van der Waals surface area contributed by atoms with Gasteiger partial charge in [-0.1, -0.05) is 13.0 Å². The van der Waals surface area contributed by atoms with Crippen molar-refractivity contribution in [2.75, 3.05) is 20.2 Å². The van der Waals surface area contributed by atoms with Gasteiger partial charge in [0.05, 0.1) is 13.5 Å². The van der Waals surface area contributed by atoms with Crippen molar-refractivity contribution in [3.05, 3.63) is 28.8 Å². The number of benzene rings is 1. The lowest BCUT2D eigenvalue weighted by molar-refractivity contribution is -0.120. The topological polar surface area (TPSA) is 64.3 Å². The number of carbonyl (C=O) groups is 1. The van der Waals surface area contributed by atoms with Gasteiger partial charge in [0.15, 0.2) is 0 Å². The van der Waals surface area contributed by atoms with E-state index < -0.39 is 0 Å². The minimum absolute atomic E-state index is 0.00514. The van der Waals surface area contributed by atoms with Gasteiger partial charge in [0.25, 0.3) is 0 Å². The predicted molar refractivity (Wildman–Crippen MR) is 77.4 cm³/mol. The maximum Gasteiger partial charge on any atom is 0.224 e. The van der Waals surface area contributed by atoms with Crippen molar-refractivity contribution in [1.82, 2.24) is 5.32 Å².